The van der Waals surface area contributed by atoms with Crippen molar-refractivity contribution in [3.05, 3.63) is 42.0 Å². The number of rotatable bonds is 4. The number of fused-ring (bicyclic) bond motifs is 3. The smallest absolute Gasteiger partial charge is 0.250 e. The van der Waals surface area contributed by atoms with Crippen LogP contribution in [0.25, 0.3) is 11.1 Å². The standard InChI is InChI=1S/C27H42O3Si2/c1-25(2,3)31(9,10)29-19-13-15-21-22-16-14-20(30-32(11,12)26(4,5)6)18-24(22)28-27(7,8)23(21)17-19/h13-18H,1-12H3. The van der Waals surface area contributed by atoms with E-state index in [1.165, 1.54) is 11.1 Å². The molecule has 5 heteroatoms. The van der Waals surface area contributed by atoms with Gasteiger partial charge in [-0.25, -0.2) is 0 Å². The van der Waals surface area contributed by atoms with Gasteiger partial charge in [-0.15, -0.1) is 0 Å². The van der Waals surface area contributed by atoms with Crippen LogP contribution in [0.15, 0.2) is 36.4 Å². The van der Waals surface area contributed by atoms with Gasteiger partial charge >= 0.3 is 0 Å². The van der Waals surface area contributed by atoms with E-state index >= 15 is 0 Å². The molecular formula is C27H42O3Si2. The number of ether oxygens (including phenoxy) is 1. The molecule has 1 heterocycles. The molecule has 0 amide bonds. The lowest BCUT2D eigenvalue weighted by molar-refractivity contribution is 0.105. The van der Waals surface area contributed by atoms with Gasteiger partial charge in [0.15, 0.2) is 0 Å². The Labute approximate surface area is 197 Å². The van der Waals surface area contributed by atoms with Crippen LogP contribution in [0.5, 0.6) is 17.2 Å². The second kappa shape index (κ2) is 7.66. The molecular weight excluding hydrogens is 428 g/mol. The van der Waals surface area contributed by atoms with Crippen molar-refractivity contribution in [1.29, 1.82) is 0 Å². The highest BCUT2D eigenvalue weighted by Gasteiger charge is 2.41. The Balaban J connectivity index is 1.99. The second-order valence-corrected chi connectivity index (χ2v) is 22.2. The first-order valence-corrected chi connectivity index (χ1v) is 17.5. The molecule has 1 aliphatic rings. The third kappa shape index (κ3) is 4.65. The Kier molecular flexibility index (Phi) is 5.96. The highest BCUT2D eigenvalue weighted by atomic mass is 28.4. The van der Waals surface area contributed by atoms with E-state index in [0.29, 0.717) is 0 Å². The van der Waals surface area contributed by atoms with E-state index in [2.05, 4.69) is 118 Å². The summed E-state index contributed by atoms with van der Waals surface area (Å²) in [5, 5.41) is 0.304. The summed E-state index contributed by atoms with van der Waals surface area (Å²) >= 11 is 0. The molecule has 3 rings (SSSR count). The van der Waals surface area contributed by atoms with E-state index in [4.69, 9.17) is 13.6 Å². The van der Waals surface area contributed by atoms with E-state index in [1.807, 2.05) is 0 Å². The van der Waals surface area contributed by atoms with Crippen LogP contribution in [-0.4, -0.2) is 16.6 Å². The lowest BCUT2D eigenvalue weighted by Gasteiger charge is -2.39. The summed E-state index contributed by atoms with van der Waals surface area (Å²) in [6, 6.07) is 12.8. The summed E-state index contributed by atoms with van der Waals surface area (Å²) in [6.45, 7) is 27.0. The first kappa shape index (κ1) is 24.9. The Morgan fingerprint density at radius 1 is 0.688 bits per heavy atom. The largest absolute Gasteiger partial charge is 0.543 e. The lowest BCUT2D eigenvalue weighted by atomic mass is 9.86. The van der Waals surface area contributed by atoms with Crippen LogP contribution in [-0.2, 0) is 5.60 Å². The fourth-order valence-corrected chi connectivity index (χ4v) is 5.46. The van der Waals surface area contributed by atoms with Crippen LogP contribution >= 0.6 is 0 Å². The SMILES string of the molecule is CC1(C)Oc2cc(O[Si](C)(C)C(C)(C)C)ccc2-c2ccc(O[Si](C)(C)C(C)(C)C)cc21. The molecule has 176 valence electrons. The molecule has 1 aliphatic heterocycles. The first-order chi connectivity index (χ1) is 14.3. The molecule has 2 aromatic rings. The highest BCUT2D eigenvalue weighted by Crippen LogP contribution is 2.49. The molecule has 0 spiro atoms. The maximum Gasteiger partial charge on any atom is 0.250 e. The first-order valence-electron chi connectivity index (χ1n) is 11.7. The Bertz CT molecular complexity index is 1010. The average molecular weight is 471 g/mol. The maximum atomic E-state index is 6.59. The van der Waals surface area contributed by atoms with Crippen LogP contribution in [0, 0.1) is 0 Å². The predicted molar refractivity (Wildman–Crippen MR) is 141 cm³/mol. The van der Waals surface area contributed by atoms with Crippen molar-refractivity contribution in [2.24, 2.45) is 0 Å². The molecule has 3 nitrogen and oxygen atoms in total. The summed E-state index contributed by atoms with van der Waals surface area (Å²) in [5.74, 6) is 2.72. The number of hydrogen-bond acceptors (Lipinski definition) is 3. The van der Waals surface area contributed by atoms with Crippen molar-refractivity contribution in [1.82, 2.24) is 0 Å². The summed E-state index contributed by atoms with van der Waals surface area (Å²) in [4.78, 5) is 0. The van der Waals surface area contributed by atoms with Gasteiger partial charge in [0.1, 0.15) is 22.8 Å². The topological polar surface area (TPSA) is 27.7 Å². The van der Waals surface area contributed by atoms with Crippen LogP contribution in [0.4, 0.5) is 0 Å². The summed E-state index contributed by atoms with van der Waals surface area (Å²) < 4.78 is 19.7. The van der Waals surface area contributed by atoms with Gasteiger partial charge in [-0.3, -0.25) is 0 Å². The van der Waals surface area contributed by atoms with Crippen molar-refractivity contribution in [2.75, 3.05) is 0 Å². The molecule has 0 aromatic heterocycles. The molecule has 0 bridgehead atoms. The lowest BCUT2D eigenvalue weighted by Crippen LogP contribution is -2.44. The van der Waals surface area contributed by atoms with E-state index in [-0.39, 0.29) is 10.1 Å². The quantitative estimate of drug-likeness (QED) is 0.418. The zero-order chi connectivity index (χ0) is 24.3. The second-order valence-electron chi connectivity index (χ2n) is 12.7. The molecule has 0 radical (unpaired) electrons. The van der Waals surface area contributed by atoms with Gasteiger partial charge in [0, 0.05) is 17.2 Å². The molecule has 0 saturated heterocycles. The van der Waals surface area contributed by atoms with E-state index < -0.39 is 22.2 Å². The molecule has 2 aromatic carbocycles. The van der Waals surface area contributed by atoms with E-state index in [1.54, 1.807) is 0 Å². The highest BCUT2D eigenvalue weighted by molar-refractivity contribution is 6.75. The molecule has 0 fully saturated rings. The minimum Gasteiger partial charge on any atom is -0.543 e. The fraction of sp³-hybridized carbons (Fsp3) is 0.556. The Hall–Kier alpha value is -1.73. The molecule has 0 unspecified atom stereocenters. The van der Waals surface area contributed by atoms with Gasteiger partial charge in [-0.1, -0.05) is 47.6 Å². The van der Waals surface area contributed by atoms with Crippen molar-refractivity contribution in [3.8, 4) is 28.4 Å². The van der Waals surface area contributed by atoms with Crippen LogP contribution in [0.2, 0.25) is 36.3 Å². The average Bonchev–Trinajstić information content (AvgIpc) is 2.59. The fourth-order valence-electron chi connectivity index (χ4n) is 3.42. The van der Waals surface area contributed by atoms with Crippen LogP contribution in [0.1, 0.15) is 61.0 Å². The Morgan fingerprint density at radius 3 is 1.59 bits per heavy atom. The number of hydrogen-bond donors (Lipinski definition) is 0. The van der Waals surface area contributed by atoms with Crippen molar-refractivity contribution >= 4 is 16.6 Å². The van der Waals surface area contributed by atoms with Crippen LogP contribution < -0.4 is 13.6 Å². The third-order valence-electron chi connectivity index (χ3n) is 7.61. The summed E-state index contributed by atoms with van der Waals surface area (Å²) in [6.07, 6.45) is 0. The van der Waals surface area contributed by atoms with Gasteiger partial charge < -0.3 is 13.6 Å². The maximum absolute atomic E-state index is 6.59. The molecule has 0 saturated carbocycles. The van der Waals surface area contributed by atoms with Gasteiger partial charge in [-0.05, 0) is 79.9 Å². The van der Waals surface area contributed by atoms with Gasteiger partial charge in [0.2, 0.25) is 16.6 Å². The zero-order valence-corrected chi connectivity index (χ0v) is 24.2. The van der Waals surface area contributed by atoms with E-state index in [0.717, 1.165) is 22.8 Å². The molecule has 0 atom stereocenters. The predicted octanol–water partition coefficient (Wildman–Crippen LogP) is 8.75. The Morgan fingerprint density at radius 2 is 1.12 bits per heavy atom. The van der Waals surface area contributed by atoms with Gasteiger partial charge in [-0.2, -0.15) is 0 Å². The minimum absolute atomic E-state index is 0.149. The van der Waals surface area contributed by atoms with Crippen LogP contribution in [0.3, 0.4) is 0 Å². The summed E-state index contributed by atoms with van der Waals surface area (Å²) in [7, 11) is -3.82. The molecule has 0 N–H and O–H groups in total. The molecule has 32 heavy (non-hydrogen) atoms. The van der Waals surface area contributed by atoms with Crippen molar-refractivity contribution < 1.29 is 13.6 Å². The number of benzene rings is 2. The summed E-state index contributed by atoms with van der Waals surface area (Å²) in [5.41, 5.74) is 3.03. The van der Waals surface area contributed by atoms with E-state index in [9.17, 15) is 0 Å². The van der Waals surface area contributed by atoms with Crippen molar-refractivity contribution in [3.63, 3.8) is 0 Å². The zero-order valence-electron chi connectivity index (χ0n) is 22.2. The van der Waals surface area contributed by atoms with Crippen molar-refractivity contribution in [2.45, 2.75) is 97.3 Å². The normalized spacial score (nSPS) is 16.0. The van der Waals surface area contributed by atoms with Gasteiger partial charge in [0.05, 0.1) is 0 Å². The minimum atomic E-state index is -1.91. The molecule has 0 aliphatic carbocycles. The monoisotopic (exact) mass is 470 g/mol. The van der Waals surface area contributed by atoms with Gasteiger partial charge in [0.25, 0.3) is 0 Å². The third-order valence-corrected chi connectivity index (χ3v) is 16.3.